The molecule has 1 saturated heterocycles. The van der Waals surface area contributed by atoms with Crippen molar-refractivity contribution in [2.24, 2.45) is 0 Å². The highest BCUT2D eigenvalue weighted by molar-refractivity contribution is 8.00. The van der Waals surface area contributed by atoms with Crippen LogP contribution >= 0.6 is 11.8 Å². The van der Waals surface area contributed by atoms with E-state index < -0.39 is 0 Å². The van der Waals surface area contributed by atoms with Crippen molar-refractivity contribution in [3.63, 3.8) is 0 Å². The predicted octanol–water partition coefficient (Wildman–Crippen LogP) is 5.65. The van der Waals surface area contributed by atoms with Gasteiger partial charge in [-0.05, 0) is 66.8 Å². The zero-order valence-corrected chi connectivity index (χ0v) is 18.6. The van der Waals surface area contributed by atoms with Gasteiger partial charge in [0.2, 0.25) is 11.8 Å². The predicted molar refractivity (Wildman–Crippen MR) is 128 cm³/mol. The van der Waals surface area contributed by atoms with Crippen molar-refractivity contribution in [2.45, 2.75) is 32.1 Å². The quantitative estimate of drug-likeness (QED) is 0.549. The minimum atomic E-state index is -0.102. The zero-order chi connectivity index (χ0) is 21.8. The Bertz CT molecular complexity index is 1080. The van der Waals surface area contributed by atoms with Gasteiger partial charge in [-0.15, -0.1) is 11.8 Å². The molecule has 0 aromatic heterocycles. The number of thioether (sulfide) groups is 1. The smallest absolute Gasteiger partial charge is 0.238 e. The van der Waals surface area contributed by atoms with Crippen LogP contribution in [0.1, 0.15) is 34.0 Å². The van der Waals surface area contributed by atoms with Gasteiger partial charge in [0.15, 0.2) is 0 Å². The number of benzene rings is 3. The maximum Gasteiger partial charge on any atom is 0.238 e. The fourth-order valence-corrected chi connectivity index (χ4v) is 5.10. The first-order valence-corrected chi connectivity index (χ1v) is 11.5. The lowest BCUT2D eigenvalue weighted by Gasteiger charge is -2.25. The number of amides is 2. The second kappa shape index (κ2) is 9.40. The number of rotatable bonds is 6. The lowest BCUT2D eigenvalue weighted by atomic mass is 10.1. The van der Waals surface area contributed by atoms with Gasteiger partial charge in [-0.1, -0.05) is 48.5 Å². The van der Waals surface area contributed by atoms with Gasteiger partial charge >= 0.3 is 0 Å². The van der Waals surface area contributed by atoms with Gasteiger partial charge in [-0.2, -0.15) is 0 Å². The first kappa shape index (κ1) is 21.2. The topological polar surface area (TPSA) is 49.4 Å². The van der Waals surface area contributed by atoms with Gasteiger partial charge in [0, 0.05) is 17.8 Å². The van der Waals surface area contributed by atoms with E-state index in [4.69, 9.17) is 0 Å². The van der Waals surface area contributed by atoms with Crippen molar-refractivity contribution in [1.29, 1.82) is 0 Å². The molecule has 3 aromatic carbocycles. The van der Waals surface area contributed by atoms with E-state index in [1.807, 2.05) is 73.3 Å². The number of nitrogens with one attached hydrogen (secondary N) is 1. The van der Waals surface area contributed by atoms with Crippen LogP contribution in [-0.2, 0) is 16.0 Å². The monoisotopic (exact) mass is 430 g/mol. The summed E-state index contributed by atoms with van der Waals surface area (Å²) >= 11 is 1.62. The molecule has 158 valence electrons. The Balaban J connectivity index is 1.49. The highest BCUT2D eigenvalue weighted by Crippen LogP contribution is 2.42. The summed E-state index contributed by atoms with van der Waals surface area (Å²) in [5.41, 5.74) is 6.12. The molecule has 2 amide bonds. The zero-order valence-electron chi connectivity index (χ0n) is 17.8. The van der Waals surface area contributed by atoms with E-state index >= 15 is 0 Å². The molecule has 5 heteroatoms. The van der Waals surface area contributed by atoms with E-state index in [0.29, 0.717) is 18.6 Å². The number of anilines is 2. The van der Waals surface area contributed by atoms with Crippen LogP contribution in [0.3, 0.4) is 0 Å². The summed E-state index contributed by atoms with van der Waals surface area (Å²) in [5, 5.41) is 2.91. The van der Waals surface area contributed by atoms with Gasteiger partial charge in [0.1, 0.15) is 5.37 Å². The largest absolute Gasteiger partial charge is 0.326 e. The Labute approximate surface area is 187 Å². The summed E-state index contributed by atoms with van der Waals surface area (Å²) in [4.78, 5) is 27.0. The van der Waals surface area contributed by atoms with Crippen molar-refractivity contribution in [3.8, 4) is 0 Å². The molecule has 0 unspecified atom stereocenters. The molecule has 3 aromatic rings. The van der Waals surface area contributed by atoms with E-state index in [0.717, 1.165) is 33.6 Å². The molecule has 0 saturated carbocycles. The van der Waals surface area contributed by atoms with Crippen LogP contribution in [0.5, 0.6) is 0 Å². The molecule has 31 heavy (non-hydrogen) atoms. The molecule has 4 nitrogen and oxygen atoms in total. The molecule has 1 N–H and O–H groups in total. The number of hydrogen-bond donors (Lipinski definition) is 1. The molecule has 1 aliphatic rings. The minimum Gasteiger partial charge on any atom is -0.326 e. The van der Waals surface area contributed by atoms with Crippen LogP contribution in [0.25, 0.3) is 0 Å². The highest BCUT2D eigenvalue weighted by atomic mass is 32.2. The van der Waals surface area contributed by atoms with Gasteiger partial charge < -0.3 is 5.32 Å². The molecule has 0 spiro atoms. The van der Waals surface area contributed by atoms with Crippen molar-refractivity contribution < 1.29 is 9.59 Å². The fraction of sp³-hybridized carbons (Fsp3) is 0.231. The Morgan fingerprint density at radius 2 is 1.74 bits per heavy atom. The van der Waals surface area contributed by atoms with E-state index in [1.54, 1.807) is 11.8 Å². The molecule has 0 aliphatic carbocycles. The number of hydrogen-bond acceptors (Lipinski definition) is 3. The summed E-state index contributed by atoms with van der Waals surface area (Å²) in [6.45, 7) is 4.09. The molecule has 1 aliphatic heterocycles. The van der Waals surface area contributed by atoms with Crippen molar-refractivity contribution in [2.75, 3.05) is 16.0 Å². The fourth-order valence-electron chi connectivity index (χ4n) is 3.94. The maximum absolute atomic E-state index is 12.7. The average molecular weight is 431 g/mol. The standard InChI is InChI=1S/C26H26N2O2S/c1-18-13-19(2)15-23(14-18)28-25(30)17-31-26(28)21-9-6-10-22(16-21)27-24(29)12-11-20-7-4-3-5-8-20/h3-10,13-16,26H,11-12,17H2,1-2H3,(H,27,29)/t26-/m0/s1. The van der Waals surface area contributed by atoms with Crippen molar-refractivity contribution >= 4 is 35.0 Å². The van der Waals surface area contributed by atoms with E-state index in [9.17, 15) is 9.59 Å². The Morgan fingerprint density at radius 1 is 1.00 bits per heavy atom. The Kier molecular flexibility index (Phi) is 6.42. The van der Waals surface area contributed by atoms with Crippen LogP contribution in [0.2, 0.25) is 0 Å². The van der Waals surface area contributed by atoms with E-state index in [1.165, 1.54) is 0 Å². The molecule has 0 bridgehead atoms. The lowest BCUT2D eigenvalue weighted by Crippen LogP contribution is -2.28. The molecule has 0 radical (unpaired) electrons. The third-order valence-corrected chi connectivity index (χ3v) is 6.50. The average Bonchev–Trinajstić information content (AvgIpc) is 3.14. The van der Waals surface area contributed by atoms with Crippen LogP contribution in [0.15, 0.2) is 72.8 Å². The second-order valence-corrected chi connectivity index (χ2v) is 9.00. The third-order valence-electron chi connectivity index (χ3n) is 5.29. The number of aryl methyl sites for hydroxylation is 3. The van der Waals surface area contributed by atoms with Crippen molar-refractivity contribution in [3.05, 3.63) is 95.1 Å². The second-order valence-electron chi connectivity index (χ2n) is 7.93. The van der Waals surface area contributed by atoms with Crippen LogP contribution in [-0.4, -0.2) is 17.6 Å². The number of carbonyl (C=O) groups excluding carboxylic acids is 2. The first-order chi connectivity index (χ1) is 15.0. The van der Waals surface area contributed by atoms with Gasteiger partial charge in [-0.25, -0.2) is 0 Å². The normalized spacial score (nSPS) is 15.9. The van der Waals surface area contributed by atoms with Crippen LogP contribution < -0.4 is 10.2 Å². The maximum atomic E-state index is 12.7. The summed E-state index contributed by atoms with van der Waals surface area (Å²) in [5.74, 6) is 0.547. The summed E-state index contributed by atoms with van der Waals surface area (Å²) in [6.07, 6.45) is 1.14. The van der Waals surface area contributed by atoms with Gasteiger partial charge in [-0.3, -0.25) is 14.5 Å². The SMILES string of the molecule is Cc1cc(C)cc(N2C(=O)CS[C@H]2c2cccc(NC(=O)CCc3ccccc3)c2)c1. The van der Waals surface area contributed by atoms with E-state index in [-0.39, 0.29) is 17.2 Å². The first-order valence-electron chi connectivity index (χ1n) is 10.5. The summed E-state index contributed by atoms with van der Waals surface area (Å²) < 4.78 is 0. The van der Waals surface area contributed by atoms with Crippen LogP contribution in [0, 0.1) is 13.8 Å². The summed E-state index contributed by atoms with van der Waals surface area (Å²) in [6, 6.07) is 24.1. The molecule has 4 rings (SSSR count). The lowest BCUT2D eigenvalue weighted by molar-refractivity contribution is -0.116. The third kappa shape index (κ3) is 5.17. The molecule has 1 fully saturated rings. The Morgan fingerprint density at radius 3 is 2.48 bits per heavy atom. The van der Waals surface area contributed by atoms with Gasteiger partial charge in [0.05, 0.1) is 5.75 Å². The molecular weight excluding hydrogens is 404 g/mol. The van der Waals surface area contributed by atoms with Crippen LogP contribution in [0.4, 0.5) is 11.4 Å². The molecular formula is C26H26N2O2S. The Hall–Kier alpha value is -3.05. The van der Waals surface area contributed by atoms with Crippen molar-refractivity contribution in [1.82, 2.24) is 0 Å². The summed E-state index contributed by atoms with van der Waals surface area (Å²) in [7, 11) is 0. The highest BCUT2D eigenvalue weighted by Gasteiger charge is 2.34. The number of carbonyl (C=O) groups is 2. The van der Waals surface area contributed by atoms with Gasteiger partial charge in [0.25, 0.3) is 0 Å². The van der Waals surface area contributed by atoms with E-state index in [2.05, 4.69) is 23.5 Å². The molecule has 1 heterocycles. The molecule has 1 atom stereocenters. The minimum absolute atomic E-state index is 0.0117. The number of nitrogens with zero attached hydrogens (tertiary/aromatic N) is 1.